The van der Waals surface area contributed by atoms with Crippen molar-refractivity contribution in [2.75, 3.05) is 13.2 Å². The summed E-state index contributed by atoms with van der Waals surface area (Å²) in [5.74, 6) is -1.05. The van der Waals surface area contributed by atoms with Crippen molar-refractivity contribution in [3.8, 4) is 0 Å². The van der Waals surface area contributed by atoms with Crippen LogP contribution in [0.3, 0.4) is 0 Å². The quantitative estimate of drug-likeness (QED) is 0.497. The van der Waals surface area contributed by atoms with Crippen LogP contribution in [-0.4, -0.2) is 37.1 Å². The lowest BCUT2D eigenvalue weighted by atomic mass is 10.3. The Labute approximate surface area is 87.3 Å². The smallest absolute Gasteiger partial charge is 0.322 e. The van der Waals surface area contributed by atoms with Crippen LogP contribution < -0.4 is 16.4 Å². The predicted molar refractivity (Wildman–Crippen MR) is 51.8 cm³/mol. The molecule has 0 rings (SSSR count). The number of nitrogens with two attached hydrogens (primary N) is 1. The molecule has 86 valence electrons. The minimum atomic E-state index is -0.925. The van der Waals surface area contributed by atoms with Gasteiger partial charge in [-0.1, -0.05) is 0 Å². The van der Waals surface area contributed by atoms with Crippen LogP contribution in [0.2, 0.25) is 0 Å². The molecule has 0 aliphatic rings. The van der Waals surface area contributed by atoms with E-state index in [1.807, 2.05) is 5.32 Å². The fourth-order valence-corrected chi connectivity index (χ4v) is 0.778. The van der Waals surface area contributed by atoms with Crippen LogP contribution in [0.1, 0.15) is 13.8 Å². The predicted octanol–water partition coefficient (Wildman–Crippen LogP) is -1.28. The average Bonchev–Trinajstić information content (AvgIpc) is 2.13. The number of hydrogen-bond acceptors (Lipinski definition) is 5. The molecule has 0 saturated carbocycles. The number of imide groups is 1. The Morgan fingerprint density at radius 1 is 1.40 bits per heavy atom. The van der Waals surface area contributed by atoms with Crippen LogP contribution in [0, 0.1) is 0 Å². The van der Waals surface area contributed by atoms with E-state index in [9.17, 15) is 14.4 Å². The van der Waals surface area contributed by atoms with Gasteiger partial charge in [-0.25, -0.2) is 4.79 Å². The molecule has 0 aromatic carbocycles. The van der Waals surface area contributed by atoms with Gasteiger partial charge in [0.2, 0.25) is 5.91 Å². The van der Waals surface area contributed by atoms with Gasteiger partial charge in [-0.15, -0.1) is 0 Å². The summed E-state index contributed by atoms with van der Waals surface area (Å²) in [5.41, 5.74) is 4.72. The first kappa shape index (κ1) is 13.4. The fourth-order valence-electron chi connectivity index (χ4n) is 0.778. The zero-order valence-corrected chi connectivity index (χ0v) is 8.70. The number of nitrogens with one attached hydrogen (secondary N) is 2. The van der Waals surface area contributed by atoms with Gasteiger partial charge >= 0.3 is 12.0 Å². The second-order valence-electron chi connectivity index (χ2n) is 2.77. The molecular weight excluding hydrogens is 202 g/mol. The number of esters is 1. The summed E-state index contributed by atoms with van der Waals surface area (Å²) < 4.78 is 4.69. The van der Waals surface area contributed by atoms with Crippen molar-refractivity contribution in [1.29, 1.82) is 0 Å². The Morgan fingerprint density at radius 2 is 2.00 bits per heavy atom. The lowest BCUT2D eigenvalue weighted by Gasteiger charge is -2.11. The highest BCUT2D eigenvalue weighted by molar-refractivity contribution is 5.94. The maximum absolute atomic E-state index is 11.1. The van der Waals surface area contributed by atoms with E-state index in [1.165, 1.54) is 0 Å². The first-order valence-electron chi connectivity index (χ1n) is 4.46. The molecule has 0 radical (unpaired) electrons. The Kier molecular flexibility index (Phi) is 6.03. The zero-order chi connectivity index (χ0) is 11.8. The average molecular weight is 217 g/mol. The lowest BCUT2D eigenvalue weighted by Crippen LogP contribution is -2.45. The number of primary amides is 1. The highest BCUT2D eigenvalue weighted by Crippen LogP contribution is 1.86. The molecule has 1 unspecified atom stereocenters. The van der Waals surface area contributed by atoms with Crippen LogP contribution in [0.4, 0.5) is 4.79 Å². The molecule has 4 N–H and O–H groups in total. The lowest BCUT2D eigenvalue weighted by molar-refractivity contribution is -0.145. The summed E-state index contributed by atoms with van der Waals surface area (Å²) in [6.07, 6.45) is 0. The number of carbonyl (C=O) groups excluding carboxylic acids is 3. The number of rotatable bonds is 5. The Hall–Kier alpha value is -1.63. The van der Waals surface area contributed by atoms with Gasteiger partial charge in [0.25, 0.3) is 0 Å². The highest BCUT2D eigenvalue weighted by Gasteiger charge is 2.14. The van der Waals surface area contributed by atoms with Crippen molar-refractivity contribution in [1.82, 2.24) is 10.6 Å². The third-order valence-electron chi connectivity index (χ3n) is 1.47. The number of hydrogen-bond donors (Lipinski definition) is 3. The van der Waals surface area contributed by atoms with Gasteiger partial charge in [0.1, 0.15) is 6.04 Å². The zero-order valence-electron chi connectivity index (χ0n) is 8.70. The topological polar surface area (TPSA) is 111 Å². The van der Waals surface area contributed by atoms with Crippen molar-refractivity contribution in [2.24, 2.45) is 5.73 Å². The fraction of sp³-hybridized carbons (Fsp3) is 0.625. The van der Waals surface area contributed by atoms with Gasteiger partial charge in [0, 0.05) is 0 Å². The molecule has 0 fully saturated rings. The third kappa shape index (κ3) is 6.44. The molecule has 0 aliphatic heterocycles. The third-order valence-corrected chi connectivity index (χ3v) is 1.47. The summed E-state index contributed by atoms with van der Waals surface area (Å²) in [5, 5.41) is 4.43. The Morgan fingerprint density at radius 3 is 2.47 bits per heavy atom. The van der Waals surface area contributed by atoms with Gasteiger partial charge in [-0.05, 0) is 13.8 Å². The summed E-state index contributed by atoms with van der Waals surface area (Å²) in [4.78, 5) is 32.2. The standard InChI is InChI=1S/C8H15N3O4/c1-3-15-7(13)5(2)10-4-6(12)11-8(9)14/h5,10H,3-4H2,1-2H3,(H3,9,11,12,14). The van der Waals surface area contributed by atoms with Crippen LogP contribution in [-0.2, 0) is 14.3 Å². The van der Waals surface area contributed by atoms with Crippen LogP contribution in [0.5, 0.6) is 0 Å². The van der Waals surface area contributed by atoms with Crippen molar-refractivity contribution < 1.29 is 19.1 Å². The molecular formula is C8H15N3O4. The molecule has 0 aliphatic carbocycles. The molecule has 3 amide bonds. The number of urea groups is 1. The van der Waals surface area contributed by atoms with Gasteiger partial charge in [-0.2, -0.15) is 0 Å². The van der Waals surface area contributed by atoms with Crippen molar-refractivity contribution in [3.63, 3.8) is 0 Å². The van der Waals surface area contributed by atoms with Crippen molar-refractivity contribution in [3.05, 3.63) is 0 Å². The minimum absolute atomic E-state index is 0.178. The first-order chi connectivity index (χ1) is 6.97. The SMILES string of the molecule is CCOC(=O)C(C)NCC(=O)NC(N)=O. The van der Waals surface area contributed by atoms with E-state index in [-0.39, 0.29) is 13.2 Å². The monoisotopic (exact) mass is 217 g/mol. The second-order valence-corrected chi connectivity index (χ2v) is 2.77. The first-order valence-corrected chi connectivity index (χ1v) is 4.46. The minimum Gasteiger partial charge on any atom is -0.465 e. The molecule has 0 saturated heterocycles. The van der Waals surface area contributed by atoms with Gasteiger partial charge in [0.05, 0.1) is 13.2 Å². The van der Waals surface area contributed by atoms with Crippen LogP contribution in [0.15, 0.2) is 0 Å². The Bertz CT molecular complexity index is 254. The molecule has 1 atom stereocenters. The second kappa shape index (κ2) is 6.77. The molecule has 0 bridgehead atoms. The molecule has 0 aromatic rings. The maximum Gasteiger partial charge on any atom is 0.322 e. The Balaban J connectivity index is 3.79. The highest BCUT2D eigenvalue weighted by atomic mass is 16.5. The van der Waals surface area contributed by atoms with E-state index in [1.54, 1.807) is 13.8 Å². The van der Waals surface area contributed by atoms with Crippen LogP contribution in [0.25, 0.3) is 0 Å². The maximum atomic E-state index is 11.1. The summed E-state index contributed by atoms with van der Waals surface area (Å²) in [6.45, 7) is 3.33. The van der Waals surface area contributed by atoms with E-state index in [0.29, 0.717) is 0 Å². The molecule has 0 heterocycles. The van der Waals surface area contributed by atoms with Gasteiger partial charge in [0.15, 0.2) is 0 Å². The number of carbonyl (C=O) groups is 3. The van der Waals surface area contributed by atoms with Crippen molar-refractivity contribution >= 4 is 17.9 Å². The van der Waals surface area contributed by atoms with Gasteiger partial charge in [-0.3, -0.25) is 20.2 Å². The summed E-state index contributed by atoms with van der Waals surface area (Å²) in [7, 11) is 0. The molecule has 7 heteroatoms. The van der Waals surface area contributed by atoms with Crippen molar-refractivity contribution in [2.45, 2.75) is 19.9 Å². The normalized spacial score (nSPS) is 11.6. The summed E-state index contributed by atoms with van der Waals surface area (Å²) >= 11 is 0. The molecule has 0 spiro atoms. The summed E-state index contributed by atoms with van der Waals surface area (Å²) in [6, 6.07) is -1.53. The molecule has 15 heavy (non-hydrogen) atoms. The molecule has 0 aromatic heterocycles. The van der Waals surface area contributed by atoms with Gasteiger partial charge < -0.3 is 10.5 Å². The largest absolute Gasteiger partial charge is 0.465 e. The van der Waals surface area contributed by atoms with Crippen LogP contribution >= 0.6 is 0 Å². The van der Waals surface area contributed by atoms with E-state index < -0.39 is 23.9 Å². The number of ether oxygens (including phenoxy) is 1. The molecule has 7 nitrogen and oxygen atoms in total. The van der Waals surface area contributed by atoms with E-state index in [2.05, 4.69) is 5.32 Å². The van der Waals surface area contributed by atoms with E-state index >= 15 is 0 Å². The number of amides is 3. The van der Waals surface area contributed by atoms with E-state index in [4.69, 9.17) is 10.5 Å². The van der Waals surface area contributed by atoms with E-state index in [0.717, 1.165) is 0 Å².